The molecule has 1 N–H and O–H groups in total. The van der Waals surface area contributed by atoms with Gasteiger partial charge in [0.15, 0.2) is 0 Å². The Morgan fingerprint density at radius 3 is 2.95 bits per heavy atom. The number of nitrogens with zero attached hydrogens (tertiary/aromatic N) is 1. The fourth-order valence-electron chi connectivity index (χ4n) is 1.78. The van der Waals surface area contributed by atoms with Crippen LogP contribution in [-0.2, 0) is 10.0 Å². The number of hydrogen-bond acceptors (Lipinski definition) is 3. The van der Waals surface area contributed by atoms with Crippen molar-refractivity contribution in [3.63, 3.8) is 0 Å². The molecule has 0 unspecified atom stereocenters. The van der Waals surface area contributed by atoms with Crippen molar-refractivity contribution in [3.8, 4) is 11.8 Å². The Morgan fingerprint density at radius 1 is 1.32 bits per heavy atom. The van der Waals surface area contributed by atoms with E-state index in [1.807, 2.05) is 6.07 Å². The lowest BCUT2D eigenvalue weighted by Crippen LogP contribution is -2.24. The largest absolute Gasteiger partial charge is 0.264 e. The maximum atomic E-state index is 12.2. The molecule has 1 heterocycles. The van der Waals surface area contributed by atoms with Crippen LogP contribution in [0.15, 0.2) is 41.6 Å². The Hall–Kier alpha value is -1.90. The second kappa shape index (κ2) is 5.83. The zero-order valence-electron chi connectivity index (χ0n) is 10.6. The minimum Gasteiger partial charge on any atom is -0.264 e. The lowest BCUT2D eigenvalue weighted by atomic mass is 10.2. The van der Waals surface area contributed by atoms with Gasteiger partial charge in [-0.05, 0) is 19.1 Å². The second-order valence-corrected chi connectivity index (χ2v) is 5.66. The first-order chi connectivity index (χ1) is 9.15. The van der Waals surface area contributed by atoms with Gasteiger partial charge in [-0.15, -0.1) is 11.8 Å². The van der Waals surface area contributed by atoms with Gasteiger partial charge in [-0.3, -0.25) is 4.98 Å². The molecule has 2 rings (SSSR count). The SMILES string of the molecule is CC#CCCNS(=O)(=O)c1cccc2cnccc12. The number of sulfonamides is 1. The van der Waals surface area contributed by atoms with Gasteiger partial charge < -0.3 is 0 Å². The van der Waals surface area contributed by atoms with Crippen molar-refractivity contribution in [3.05, 3.63) is 36.7 Å². The molecule has 4 nitrogen and oxygen atoms in total. The van der Waals surface area contributed by atoms with E-state index in [4.69, 9.17) is 0 Å². The minimum atomic E-state index is -3.51. The lowest BCUT2D eigenvalue weighted by molar-refractivity contribution is 0.583. The van der Waals surface area contributed by atoms with E-state index in [9.17, 15) is 8.42 Å². The van der Waals surface area contributed by atoms with Gasteiger partial charge in [0.2, 0.25) is 10.0 Å². The minimum absolute atomic E-state index is 0.275. The number of nitrogens with one attached hydrogen (secondary N) is 1. The first kappa shape index (κ1) is 13.5. The van der Waals surface area contributed by atoms with Gasteiger partial charge in [-0.1, -0.05) is 12.1 Å². The quantitative estimate of drug-likeness (QED) is 0.684. The number of fused-ring (bicyclic) bond motifs is 1. The van der Waals surface area contributed by atoms with Crippen molar-refractivity contribution in [2.24, 2.45) is 0 Å². The fraction of sp³-hybridized carbons (Fsp3) is 0.214. The molecule has 0 fully saturated rings. The molecule has 0 aliphatic carbocycles. The number of hydrogen-bond donors (Lipinski definition) is 1. The molecule has 0 radical (unpaired) electrons. The van der Waals surface area contributed by atoms with Crippen LogP contribution in [0.5, 0.6) is 0 Å². The molecule has 2 aromatic rings. The molecule has 0 saturated heterocycles. The van der Waals surface area contributed by atoms with Crippen LogP contribution in [0.1, 0.15) is 13.3 Å². The molecule has 19 heavy (non-hydrogen) atoms. The third-order valence-corrected chi connectivity index (χ3v) is 4.17. The van der Waals surface area contributed by atoms with Gasteiger partial charge in [-0.2, -0.15) is 0 Å². The van der Waals surface area contributed by atoms with Crippen molar-refractivity contribution < 1.29 is 8.42 Å². The summed E-state index contributed by atoms with van der Waals surface area (Å²) in [7, 11) is -3.51. The topological polar surface area (TPSA) is 59.1 Å². The molecule has 0 saturated carbocycles. The average Bonchev–Trinajstić information content (AvgIpc) is 2.43. The van der Waals surface area contributed by atoms with Crippen molar-refractivity contribution in [1.82, 2.24) is 9.71 Å². The molecule has 0 bridgehead atoms. The summed E-state index contributed by atoms with van der Waals surface area (Å²) in [5.74, 6) is 5.55. The number of rotatable bonds is 4. The first-order valence-electron chi connectivity index (χ1n) is 5.87. The van der Waals surface area contributed by atoms with Crippen LogP contribution in [-0.4, -0.2) is 19.9 Å². The molecular weight excluding hydrogens is 260 g/mol. The van der Waals surface area contributed by atoms with Gasteiger partial charge in [0.1, 0.15) is 0 Å². The van der Waals surface area contributed by atoms with Crippen LogP contribution in [0.4, 0.5) is 0 Å². The van der Waals surface area contributed by atoms with E-state index in [0.717, 1.165) is 5.39 Å². The summed E-state index contributed by atoms with van der Waals surface area (Å²) in [6.45, 7) is 2.04. The Morgan fingerprint density at radius 2 is 2.16 bits per heavy atom. The van der Waals surface area contributed by atoms with Crippen molar-refractivity contribution in [1.29, 1.82) is 0 Å². The van der Waals surface area contributed by atoms with E-state index in [0.29, 0.717) is 18.4 Å². The molecule has 1 aromatic heterocycles. The van der Waals surface area contributed by atoms with Crippen LogP contribution in [0.3, 0.4) is 0 Å². The van der Waals surface area contributed by atoms with E-state index in [2.05, 4.69) is 21.5 Å². The molecule has 0 atom stereocenters. The van der Waals surface area contributed by atoms with Crippen molar-refractivity contribution in [2.75, 3.05) is 6.54 Å². The molecule has 0 aliphatic heterocycles. The van der Waals surface area contributed by atoms with E-state index in [1.165, 1.54) is 0 Å². The summed E-state index contributed by atoms with van der Waals surface area (Å²) < 4.78 is 27.0. The molecular formula is C14H14N2O2S. The number of benzene rings is 1. The van der Waals surface area contributed by atoms with Crippen LogP contribution in [0, 0.1) is 11.8 Å². The fourth-order valence-corrected chi connectivity index (χ4v) is 3.04. The van der Waals surface area contributed by atoms with Crippen molar-refractivity contribution >= 4 is 20.8 Å². The predicted octanol–water partition coefficient (Wildman–Crippen LogP) is 1.93. The molecule has 0 aliphatic rings. The summed E-state index contributed by atoms with van der Waals surface area (Å²) in [5, 5.41) is 1.48. The van der Waals surface area contributed by atoms with Gasteiger partial charge in [0.25, 0.3) is 0 Å². The molecule has 98 valence electrons. The maximum Gasteiger partial charge on any atom is 0.241 e. The van der Waals surface area contributed by atoms with Gasteiger partial charge in [0.05, 0.1) is 4.90 Å². The Bertz CT molecular complexity index is 737. The molecule has 0 amide bonds. The highest BCUT2D eigenvalue weighted by Gasteiger charge is 2.16. The average molecular weight is 274 g/mol. The number of aromatic nitrogens is 1. The predicted molar refractivity (Wildman–Crippen MR) is 75.0 cm³/mol. The lowest BCUT2D eigenvalue weighted by Gasteiger charge is -2.08. The van der Waals surface area contributed by atoms with E-state index in [-0.39, 0.29) is 4.90 Å². The van der Waals surface area contributed by atoms with Crippen molar-refractivity contribution in [2.45, 2.75) is 18.2 Å². The van der Waals surface area contributed by atoms with E-state index >= 15 is 0 Å². The second-order valence-electron chi connectivity index (χ2n) is 3.93. The maximum absolute atomic E-state index is 12.2. The summed E-state index contributed by atoms with van der Waals surface area (Å²) in [6.07, 6.45) is 3.74. The zero-order chi connectivity index (χ0) is 13.7. The van der Waals surface area contributed by atoms with Crippen LogP contribution < -0.4 is 4.72 Å². The first-order valence-corrected chi connectivity index (χ1v) is 7.35. The summed E-state index contributed by atoms with van der Waals surface area (Å²) in [5.41, 5.74) is 0. The van der Waals surface area contributed by atoms with Gasteiger partial charge in [-0.25, -0.2) is 13.1 Å². The Kier molecular flexibility index (Phi) is 4.15. The number of pyridine rings is 1. The molecule has 0 spiro atoms. The zero-order valence-corrected chi connectivity index (χ0v) is 11.4. The summed E-state index contributed by atoms with van der Waals surface area (Å²) >= 11 is 0. The smallest absolute Gasteiger partial charge is 0.241 e. The third kappa shape index (κ3) is 3.11. The Balaban J connectivity index is 2.34. The van der Waals surface area contributed by atoms with Crippen LogP contribution in [0.2, 0.25) is 0 Å². The Labute approximate surface area is 112 Å². The highest BCUT2D eigenvalue weighted by Crippen LogP contribution is 2.21. The highest BCUT2D eigenvalue weighted by molar-refractivity contribution is 7.89. The monoisotopic (exact) mass is 274 g/mol. The summed E-state index contributed by atoms with van der Waals surface area (Å²) in [4.78, 5) is 4.26. The van der Waals surface area contributed by atoms with E-state index < -0.39 is 10.0 Å². The standard InChI is InChI=1S/C14H14N2O2S/c1-2-3-4-9-16-19(17,18)14-7-5-6-12-11-15-10-8-13(12)14/h5-8,10-11,16H,4,9H2,1H3. The normalized spacial score (nSPS) is 11.0. The molecule has 5 heteroatoms. The third-order valence-electron chi connectivity index (χ3n) is 2.65. The van der Waals surface area contributed by atoms with Gasteiger partial charge >= 0.3 is 0 Å². The molecule has 1 aromatic carbocycles. The van der Waals surface area contributed by atoms with E-state index in [1.54, 1.807) is 37.5 Å². The highest BCUT2D eigenvalue weighted by atomic mass is 32.2. The van der Waals surface area contributed by atoms with Crippen LogP contribution in [0.25, 0.3) is 10.8 Å². The van der Waals surface area contributed by atoms with Gasteiger partial charge in [0, 0.05) is 36.1 Å². The summed E-state index contributed by atoms with van der Waals surface area (Å²) in [6, 6.07) is 6.85. The van der Waals surface area contributed by atoms with Crippen LogP contribution >= 0.6 is 0 Å².